The molecule has 0 bridgehead atoms. The summed E-state index contributed by atoms with van der Waals surface area (Å²) in [6.45, 7) is 0. The second-order valence-electron chi connectivity index (χ2n) is 9.01. The lowest BCUT2D eigenvalue weighted by Gasteiger charge is -2.33. The Hall–Kier alpha value is -3.84. The molecule has 1 fully saturated rings. The third-order valence-corrected chi connectivity index (χ3v) is 6.89. The van der Waals surface area contributed by atoms with Crippen molar-refractivity contribution >= 4 is 40.4 Å². The van der Waals surface area contributed by atoms with Crippen LogP contribution in [0.5, 0.6) is 0 Å². The summed E-state index contributed by atoms with van der Waals surface area (Å²) >= 11 is 6.02. The number of carboxylic acid groups (broad SMARTS) is 1. The van der Waals surface area contributed by atoms with Crippen LogP contribution in [0.1, 0.15) is 47.1 Å². The number of carbonyl (C=O) groups is 1. The topological polar surface area (TPSA) is 54.6 Å². The van der Waals surface area contributed by atoms with E-state index in [0.29, 0.717) is 16.7 Å². The molecule has 0 amide bonds. The van der Waals surface area contributed by atoms with Gasteiger partial charge in [-0.05, 0) is 82.5 Å². The Morgan fingerprint density at radius 2 is 1.78 bits per heavy atom. The van der Waals surface area contributed by atoms with Crippen molar-refractivity contribution in [3.8, 4) is 0 Å². The molecule has 0 unspecified atom stereocenters. The maximum Gasteiger partial charge on any atom is 0.417 e. The van der Waals surface area contributed by atoms with Crippen LogP contribution in [0.25, 0.3) is 22.9 Å². The molecular formula is C29H22ClF3N2O2. The third-order valence-electron chi connectivity index (χ3n) is 6.66. The van der Waals surface area contributed by atoms with Crippen LogP contribution < -0.4 is 0 Å². The standard InChI is InChI=1S/C29H22ClF3N2O2/c30-22-10-11-23(24(16-22)29(31,32)33)28(19-2-1-3-19)27(21-9-12-25-34-14-15-35(25)17-21)20-7-4-18(5-8-20)6-13-26(36)37/h4-17,19H,1-3H2,(H,36,37). The van der Waals surface area contributed by atoms with Gasteiger partial charge in [-0.25, -0.2) is 9.78 Å². The molecule has 1 aliphatic carbocycles. The highest BCUT2D eigenvalue weighted by Gasteiger charge is 2.37. The van der Waals surface area contributed by atoms with Crippen molar-refractivity contribution < 1.29 is 23.1 Å². The van der Waals surface area contributed by atoms with E-state index in [0.717, 1.165) is 48.2 Å². The Balaban J connectivity index is 1.80. The fraction of sp³-hybridized carbons (Fsp3) is 0.172. The summed E-state index contributed by atoms with van der Waals surface area (Å²) in [5.41, 5.74) is 3.57. The molecule has 1 aliphatic rings. The molecule has 4 aromatic rings. The first kappa shape index (κ1) is 24.8. The van der Waals surface area contributed by atoms with E-state index in [4.69, 9.17) is 16.7 Å². The maximum absolute atomic E-state index is 14.3. The van der Waals surface area contributed by atoms with Gasteiger partial charge in [0.1, 0.15) is 5.65 Å². The van der Waals surface area contributed by atoms with E-state index < -0.39 is 17.7 Å². The van der Waals surface area contributed by atoms with Crippen LogP contribution in [0.3, 0.4) is 0 Å². The third kappa shape index (κ3) is 5.18. The van der Waals surface area contributed by atoms with Gasteiger partial charge in [0.15, 0.2) is 0 Å². The van der Waals surface area contributed by atoms with Gasteiger partial charge in [0.05, 0.1) is 5.56 Å². The second kappa shape index (κ2) is 9.90. The number of halogens is 4. The molecule has 1 saturated carbocycles. The number of imidazole rings is 1. The molecule has 4 nitrogen and oxygen atoms in total. The molecule has 1 N–H and O–H groups in total. The summed E-state index contributed by atoms with van der Waals surface area (Å²) in [5.74, 6) is -1.12. The molecular weight excluding hydrogens is 501 g/mol. The summed E-state index contributed by atoms with van der Waals surface area (Å²) in [7, 11) is 0. The molecule has 2 heterocycles. The van der Waals surface area contributed by atoms with Gasteiger partial charge in [0.2, 0.25) is 0 Å². The van der Waals surface area contributed by atoms with E-state index in [1.54, 1.807) is 24.5 Å². The van der Waals surface area contributed by atoms with E-state index in [9.17, 15) is 18.0 Å². The first-order chi connectivity index (χ1) is 17.7. The normalized spacial score (nSPS) is 15.1. The molecule has 8 heteroatoms. The monoisotopic (exact) mass is 522 g/mol. The first-order valence-corrected chi connectivity index (χ1v) is 12.1. The fourth-order valence-electron chi connectivity index (χ4n) is 4.72. The van der Waals surface area contributed by atoms with Crippen molar-refractivity contribution in [2.75, 3.05) is 0 Å². The van der Waals surface area contributed by atoms with Crippen molar-refractivity contribution in [1.29, 1.82) is 0 Å². The molecule has 0 spiro atoms. The maximum atomic E-state index is 14.3. The molecule has 0 atom stereocenters. The number of fused-ring (bicyclic) bond motifs is 1. The Kier molecular flexibility index (Phi) is 6.65. The molecule has 5 rings (SSSR count). The number of allylic oxidation sites excluding steroid dienone is 1. The van der Waals surface area contributed by atoms with Crippen molar-refractivity contribution in [2.24, 2.45) is 5.92 Å². The van der Waals surface area contributed by atoms with E-state index >= 15 is 0 Å². The van der Waals surface area contributed by atoms with E-state index in [-0.39, 0.29) is 16.5 Å². The van der Waals surface area contributed by atoms with Crippen LogP contribution in [0, 0.1) is 5.92 Å². The van der Waals surface area contributed by atoms with E-state index in [2.05, 4.69) is 4.98 Å². The molecule has 0 radical (unpaired) electrons. The summed E-state index contributed by atoms with van der Waals surface area (Å²) in [4.78, 5) is 15.2. The first-order valence-electron chi connectivity index (χ1n) is 11.8. The number of benzene rings is 2. The highest BCUT2D eigenvalue weighted by atomic mass is 35.5. The van der Waals surface area contributed by atoms with Crippen molar-refractivity contribution in [3.63, 3.8) is 0 Å². The van der Waals surface area contributed by atoms with Crippen LogP contribution in [0.15, 0.2) is 79.3 Å². The van der Waals surface area contributed by atoms with Gasteiger partial charge in [0.25, 0.3) is 0 Å². The highest BCUT2D eigenvalue weighted by Crippen LogP contribution is 2.48. The van der Waals surface area contributed by atoms with Crippen LogP contribution in [0.2, 0.25) is 5.02 Å². The number of carboxylic acids is 1. The van der Waals surface area contributed by atoms with Crippen LogP contribution >= 0.6 is 11.6 Å². The minimum absolute atomic E-state index is 0.0278. The number of alkyl halides is 3. The zero-order valence-electron chi connectivity index (χ0n) is 19.5. The zero-order chi connectivity index (χ0) is 26.2. The lowest BCUT2D eigenvalue weighted by Crippen LogP contribution is -2.18. The van der Waals surface area contributed by atoms with Gasteiger partial charge < -0.3 is 9.51 Å². The SMILES string of the molecule is O=C(O)C=Cc1ccc(C(=C(c2ccc(Cl)cc2C(F)(F)F)C2CCC2)c2ccc3nccn3c2)cc1. The van der Waals surface area contributed by atoms with Gasteiger partial charge >= 0.3 is 12.1 Å². The molecule has 188 valence electrons. The van der Waals surface area contributed by atoms with Crippen molar-refractivity contribution in [2.45, 2.75) is 25.4 Å². The van der Waals surface area contributed by atoms with Gasteiger partial charge in [-0.15, -0.1) is 0 Å². The van der Waals surface area contributed by atoms with Crippen molar-refractivity contribution in [1.82, 2.24) is 9.38 Å². The van der Waals surface area contributed by atoms with Crippen LogP contribution in [-0.4, -0.2) is 20.5 Å². The van der Waals surface area contributed by atoms with Gasteiger partial charge in [-0.1, -0.05) is 48.4 Å². The molecule has 2 aromatic heterocycles. The Labute approximate surface area is 216 Å². The summed E-state index contributed by atoms with van der Waals surface area (Å²) in [6, 6.07) is 14.8. The summed E-state index contributed by atoms with van der Waals surface area (Å²) < 4.78 is 44.6. The Bertz CT molecular complexity index is 1530. The number of aromatic nitrogens is 2. The molecule has 2 aromatic carbocycles. The molecule has 0 saturated heterocycles. The number of rotatable bonds is 6. The van der Waals surface area contributed by atoms with E-state index in [1.165, 1.54) is 18.2 Å². The van der Waals surface area contributed by atoms with Gasteiger partial charge in [0, 0.05) is 29.7 Å². The Morgan fingerprint density at radius 3 is 2.43 bits per heavy atom. The second-order valence-corrected chi connectivity index (χ2v) is 9.44. The average Bonchev–Trinajstić information content (AvgIpc) is 3.29. The zero-order valence-corrected chi connectivity index (χ0v) is 20.3. The van der Waals surface area contributed by atoms with Crippen molar-refractivity contribution in [3.05, 3.63) is 112 Å². The summed E-state index contributed by atoms with van der Waals surface area (Å²) in [5, 5.41) is 8.96. The average molecular weight is 523 g/mol. The lowest BCUT2D eigenvalue weighted by atomic mass is 9.72. The Morgan fingerprint density at radius 1 is 1.05 bits per heavy atom. The van der Waals surface area contributed by atoms with E-state index in [1.807, 2.05) is 34.9 Å². The van der Waals surface area contributed by atoms with Crippen LogP contribution in [-0.2, 0) is 11.0 Å². The highest BCUT2D eigenvalue weighted by molar-refractivity contribution is 6.30. The van der Waals surface area contributed by atoms with Crippen LogP contribution in [0.4, 0.5) is 13.2 Å². The number of nitrogens with zero attached hydrogens (tertiary/aromatic N) is 2. The number of hydrogen-bond acceptors (Lipinski definition) is 2. The molecule has 0 aliphatic heterocycles. The number of hydrogen-bond donors (Lipinski definition) is 1. The summed E-state index contributed by atoms with van der Waals surface area (Å²) in [6.07, 6.45) is 5.77. The fourth-order valence-corrected chi connectivity index (χ4v) is 4.89. The largest absolute Gasteiger partial charge is 0.478 e. The number of aliphatic carboxylic acids is 1. The molecule has 37 heavy (non-hydrogen) atoms. The minimum Gasteiger partial charge on any atom is -0.478 e. The van der Waals surface area contributed by atoms with Gasteiger partial charge in [-0.3, -0.25) is 0 Å². The van der Waals surface area contributed by atoms with Gasteiger partial charge in [-0.2, -0.15) is 13.2 Å². The lowest BCUT2D eigenvalue weighted by molar-refractivity contribution is -0.137. The quantitative estimate of drug-likeness (QED) is 0.207. The minimum atomic E-state index is -4.58. The number of pyridine rings is 1. The smallest absolute Gasteiger partial charge is 0.417 e. The predicted molar refractivity (Wildman–Crippen MR) is 138 cm³/mol. The predicted octanol–water partition coefficient (Wildman–Crippen LogP) is 7.86.